The number of alkyl halides is 3. The summed E-state index contributed by atoms with van der Waals surface area (Å²) in [7, 11) is 0. The lowest BCUT2D eigenvalue weighted by molar-refractivity contribution is -0.262. The van der Waals surface area contributed by atoms with Crippen LogP contribution < -0.4 is 5.73 Å². The normalized spacial score (nSPS) is 13.3. The molecule has 1 unspecified atom stereocenters. The van der Waals surface area contributed by atoms with E-state index in [2.05, 4.69) is 5.10 Å². The fourth-order valence-corrected chi connectivity index (χ4v) is 3.50. The Hall–Kier alpha value is -3.87. The molecular formula is C23H20F6N4O3. The van der Waals surface area contributed by atoms with Crippen LogP contribution in [0.3, 0.4) is 0 Å². The third kappa shape index (κ3) is 5.35. The maximum Gasteiger partial charge on any atom is 0.419 e. The van der Waals surface area contributed by atoms with Crippen LogP contribution in [-0.2, 0) is 6.42 Å². The molecule has 0 radical (unpaired) electrons. The highest BCUT2D eigenvalue weighted by molar-refractivity contribution is 5.95. The van der Waals surface area contributed by atoms with Crippen molar-refractivity contribution in [3.05, 3.63) is 82.9 Å². The molecule has 3 N–H and O–H groups in total. The van der Waals surface area contributed by atoms with E-state index in [0.29, 0.717) is 4.90 Å². The second-order valence-electron chi connectivity index (χ2n) is 7.90. The van der Waals surface area contributed by atoms with Gasteiger partial charge in [-0.1, -0.05) is 6.07 Å². The number of halogens is 6. The summed E-state index contributed by atoms with van der Waals surface area (Å²) in [6, 6.07) is 7.11. The zero-order valence-corrected chi connectivity index (χ0v) is 18.7. The zero-order chi connectivity index (χ0) is 26.8. The third-order valence-corrected chi connectivity index (χ3v) is 5.43. The van der Waals surface area contributed by atoms with Crippen molar-refractivity contribution in [2.45, 2.75) is 25.1 Å². The first-order valence-electron chi connectivity index (χ1n) is 10.4. The predicted octanol–water partition coefficient (Wildman–Crippen LogP) is 3.39. The summed E-state index contributed by atoms with van der Waals surface area (Å²) in [6.45, 7) is -0.621. The van der Waals surface area contributed by atoms with Crippen molar-refractivity contribution in [2.24, 2.45) is 5.73 Å². The van der Waals surface area contributed by atoms with Crippen LogP contribution >= 0.6 is 0 Å². The highest BCUT2D eigenvalue weighted by Crippen LogP contribution is 2.35. The lowest BCUT2D eigenvalue weighted by Gasteiger charge is -2.35. The van der Waals surface area contributed by atoms with Crippen molar-refractivity contribution < 1.29 is 41.0 Å². The molecule has 0 saturated heterocycles. The number of rotatable bonds is 8. The van der Waals surface area contributed by atoms with Gasteiger partial charge in [-0.15, -0.1) is 0 Å². The SMILES string of the molecule is CCN(CC(O)(Cc1nn(-c2ccc(F)cc2)cc1C(N)=O)C(F)(F)F)C(=O)c1c(F)cccc1F. The van der Waals surface area contributed by atoms with Crippen LogP contribution in [0.2, 0.25) is 0 Å². The first-order chi connectivity index (χ1) is 16.8. The molecule has 192 valence electrons. The summed E-state index contributed by atoms with van der Waals surface area (Å²) in [4.78, 5) is 25.0. The number of aliphatic hydroxyl groups is 1. The molecule has 3 rings (SSSR count). The third-order valence-electron chi connectivity index (χ3n) is 5.43. The first-order valence-corrected chi connectivity index (χ1v) is 10.4. The predicted molar refractivity (Wildman–Crippen MR) is 115 cm³/mol. The van der Waals surface area contributed by atoms with Crippen molar-refractivity contribution in [1.29, 1.82) is 0 Å². The second-order valence-corrected chi connectivity index (χ2v) is 7.90. The maximum absolute atomic E-state index is 14.1. The summed E-state index contributed by atoms with van der Waals surface area (Å²) in [5.74, 6) is -5.74. The number of nitrogens with two attached hydrogens (primary N) is 1. The first kappa shape index (κ1) is 26.7. The van der Waals surface area contributed by atoms with Crippen molar-refractivity contribution in [1.82, 2.24) is 14.7 Å². The second kappa shape index (κ2) is 10.0. The number of carbonyl (C=O) groups excluding carboxylic acids is 2. The standard InChI is InChI=1S/C23H20F6N4O3/c1-2-32(21(35)19-16(25)4-3-5-17(19)26)12-22(36,23(27,28)29)10-18-15(20(30)34)11-33(31-18)14-8-6-13(24)7-9-14/h3-9,11,36H,2,10,12H2,1H3,(H2,30,34). The van der Waals surface area contributed by atoms with Gasteiger partial charge in [0.2, 0.25) is 0 Å². The number of amides is 2. The highest BCUT2D eigenvalue weighted by atomic mass is 19.4. The van der Waals surface area contributed by atoms with E-state index >= 15 is 0 Å². The van der Waals surface area contributed by atoms with Crippen LogP contribution in [0.4, 0.5) is 26.3 Å². The number of primary amides is 1. The van der Waals surface area contributed by atoms with E-state index in [1.54, 1.807) is 0 Å². The molecule has 2 amide bonds. The summed E-state index contributed by atoms with van der Waals surface area (Å²) in [5.41, 5.74) is -0.332. The summed E-state index contributed by atoms with van der Waals surface area (Å²) in [5, 5.41) is 14.6. The minimum absolute atomic E-state index is 0.182. The number of nitrogens with zero attached hydrogens (tertiary/aromatic N) is 3. The molecule has 3 aromatic rings. The van der Waals surface area contributed by atoms with Crippen LogP contribution in [-0.4, -0.2) is 56.5 Å². The maximum atomic E-state index is 14.1. The molecule has 0 fully saturated rings. The molecule has 36 heavy (non-hydrogen) atoms. The average Bonchev–Trinajstić information content (AvgIpc) is 3.20. The van der Waals surface area contributed by atoms with E-state index in [0.717, 1.165) is 41.2 Å². The summed E-state index contributed by atoms with van der Waals surface area (Å²) < 4.78 is 84.6. The lowest BCUT2D eigenvalue weighted by Crippen LogP contribution is -2.56. The van der Waals surface area contributed by atoms with Gasteiger partial charge in [0.25, 0.3) is 11.8 Å². The number of hydrogen-bond donors (Lipinski definition) is 2. The monoisotopic (exact) mass is 514 g/mol. The Balaban J connectivity index is 2.01. The molecule has 1 aromatic heterocycles. The fourth-order valence-electron chi connectivity index (χ4n) is 3.50. The molecule has 0 aliphatic heterocycles. The quantitative estimate of drug-likeness (QED) is 0.450. The van der Waals surface area contributed by atoms with Crippen molar-refractivity contribution in [3.8, 4) is 5.69 Å². The topological polar surface area (TPSA) is 101 Å². The Labute approximate surface area is 200 Å². The fraction of sp³-hybridized carbons (Fsp3) is 0.261. The summed E-state index contributed by atoms with van der Waals surface area (Å²) >= 11 is 0. The molecule has 1 atom stereocenters. The number of carbonyl (C=O) groups is 2. The Morgan fingerprint density at radius 1 is 1.06 bits per heavy atom. The van der Waals surface area contributed by atoms with E-state index < -0.39 is 77.4 Å². The van der Waals surface area contributed by atoms with Gasteiger partial charge in [-0.2, -0.15) is 18.3 Å². The molecule has 0 bridgehead atoms. The Bertz CT molecular complexity index is 1260. The molecular weight excluding hydrogens is 494 g/mol. The van der Waals surface area contributed by atoms with Gasteiger partial charge in [-0.25, -0.2) is 17.9 Å². The molecule has 0 aliphatic carbocycles. The van der Waals surface area contributed by atoms with Gasteiger partial charge in [0.05, 0.1) is 23.5 Å². The Morgan fingerprint density at radius 3 is 2.14 bits per heavy atom. The van der Waals surface area contributed by atoms with Crippen LogP contribution in [0.25, 0.3) is 5.69 Å². The number of benzene rings is 2. The number of likely N-dealkylation sites (N-methyl/N-ethyl adjacent to an activating group) is 1. The van der Waals surface area contributed by atoms with Gasteiger partial charge < -0.3 is 15.7 Å². The van der Waals surface area contributed by atoms with Crippen LogP contribution in [0.15, 0.2) is 48.7 Å². The van der Waals surface area contributed by atoms with Gasteiger partial charge >= 0.3 is 6.18 Å². The van der Waals surface area contributed by atoms with Gasteiger partial charge in [-0.05, 0) is 43.3 Å². The molecule has 1 heterocycles. The highest BCUT2D eigenvalue weighted by Gasteiger charge is 2.55. The van der Waals surface area contributed by atoms with E-state index in [1.807, 2.05) is 0 Å². The van der Waals surface area contributed by atoms with Crippen molar-refractivity contribution in [2.75, 3.05) is 13.1 Å². The Kier molecular flexibility index (Phi) is 7.43. The van der Waals surface area contributed by atoms with Crippen LogP contribution in [0.5, 0.6) is 0 Å². The Morgan fingerprint density at radius 2 is 1.64 bits per heavy atom. The molecule has 0 saturated carbocycles. The molecule has 13 heteroatoms. The van der Waals surface area contributed by atoms with E-state index in [-0.39, 0.29) is 5.69 Å². The van der Waals surface area contributed by atoms with Gasteiger partial charge in [0, 0.05) is 19.2 Å². The molecule has 7 nitrogen and oxygen atoms in total. The average molecular weight is 514 g/mol. The smallest absolute Gasteiger partial charge is 0.379 e. The molecule has 0 aliphatic rings. The molecule has 0 spiro atoms. The summed E-state index contributed by atoms with van der Waals surface area (Å²) in [6.07, 6.45) is -5.69. The number of aromatic nitrogens is 2. The van der Waals surface area contributed by atoms with Crippen LogP contribution in [0, 0.1) is 17.5 Å². The minimum Gasteiger partial charge on any atom is -0.379 e. The molecule has 2 aromatic carbocycles. The van der Waals surface area contributed by atoms with Crippen LogP contribution in [0.1, 0.15) is 33.3 Å². The number of hydrogen-bond acceptors (Lipinski definition) is 4. The van der Waals surface area contributed by atoms with Crippen molar-refractivity contribution in [3.63, 3.8) is 0 Å². The van der Waals surface area contributed by atoms with Gasteiger partial charge in [0.1, 0.15) is 23.0 Å². The van der Waals surface area contributed by atoms with E-state index in [4.69, 9.17) is 5.73 Å². The lowest BCUT2D eigenvalue weighted by atomic mass is 9.93. The largest absolute Gasteiger partial charge is 0.419 e. The zero-order valence-electron chi connectivity index (χ0n) is 18.7. The van der Waals surface area contributed by atoms with Gasteiger partial charge in [-0.3, -0.25) is 9.59 Å². The van der Waals surface area contributed by atoms with Crippen molar-refractivity contribution >= 4 is 11.8 Å². The minimum atomic E-state index is -5.37. The van der Waals surface area contributed by atoms with Gasteiger partial charge in [0.15, 0.2) is 5.60 Å². The van der Waals surface area contributed by atoms with E-state index in [1.165, 1.54) is 19.1 Å². The van der Waals surface area contributed by atoms with E-state index in [9.17, 15) is 41.0 Å².